The molecule has 0 bridgehead atoms. The van der Waals surface area contributed by atoms with Crippen molar-refractivity contribution < 1.29 is 23.8 Å². The van der Waals surface area contributed by atoms with Gasteiger partial charge in [-0.1, -0.05) is 12.1 Å². The highest BCUT2D eigenvalue weighted by molar-refractivity contribution is 7.80. The summed E-state index contributed by atoms with van der Waals surface area (Å²) in [7, 11) is 2.87. The first kappa shape index (κ1) is 21.3. The number of benzene rings is 2. The van der Waals surface area contributed by atoms with Gasteiger partial charge < -0.3 is 19.1 Å². The van der Waals surface area contributed by atoms with Gasteiger partial charge in [0.15, 0.2) is 5.11 Å². The lowest BCUT2D eigenvalue weighted by Crippen LogP contribution is -2.35. The molecule has 0 unspecified atom stereocenters. The van der Waals surface area contributed by atoms with E-state index in [0.29, 0.717) is 23.8 Å². The second-order valence-electron chi connectivity index (χ2n) is 6.32. The van der Waals surface area contributed by atoms with Crippen molar-refractivity contribution in [3.63, 3.8) is 0 Å². The highest BCUT2D eigenvalue weighted by Gasteiger charge is 2.40. The number of thiocarbonyl (C=S) groups is 1. The lowest BCUT2D eigenvalue weighted by atomic mass is 10.1. The van der Waals surface area contributed by atoms with Gasteiger partial charge in [-0.15, -0.1) is 0 Å². The molecule has 156 valence electrons. The number of carbonyl (C=O) groups excluding carboxylic acids is 2. The minimum Gasteiger partial charge on any atom is -0.497 e. The van der Waals surface area contributed by atoms with Gasteiger partial charge in [-0.3, -0.25) is 14.5 Å². The number of amides is 1. The summed E-state index contributed by atoms with van der Waals surface area (Å²) in [5.41, 5.74) is 1.64. The van der Waals surface area contributed by atoms with Gasteiger partial charge in [0.1, 0.15) is 23.7 Å². The lowest BCUT2D eigenvalue weighted by Gasteiger charge is -2.19. The van der Waals surface area contributed by atoms with Crippen LogP contribution >= 0.6 is 12.2 Å². The van der Waals surface area contributed by atoms with E-state index in [0.717, 1.165) is 5.56 Å². The molecule has 0 spiro atoms. The first-order valence-electron chi connectivity index (χ1n) is 9.29. The van der Waals surface area contributed by atoms with Crippen LogP contribution in [0.5, 0.6) is 11.5 Å². The first-order chi connectivity index (χ1) is 14.5. The van der Waals surface area contributed by atoms with Crippen LogP contribution in [0.25, 0.3) is 6.08 Å². The zero-order valence-electron chi connectivity index (χ0n) is 17.0. The quantitative estimate of drug-likeness (QED) is 0.382. The van der Waals surface area contributed by atoms with Crippen LogP contribution in [0.15, 0.2) is 54.2 Å². The van der Waals surface area contributed by atoms with Crippen LogP contribution in [-0.2, 0) is 14.3 Å². The molecule has 0 saturated carbocycles. The molecule has 0 radical (unpaired) electrons. The minimum absolute atomic E-state index is 0.170. The van der Waals surface area contributed by atoms with E-state index in [1.54, 1.807) is 49.6 Å². The van der Waals surface area contributed by atoms with Crippen molar-refractivity contribution in [1.29, 1.82) is 0 Å². The molecular weight excluding hydrogens is 404 g/mol. The molecule has 1 aliphatic rings. The number of ether oxygens (including phenoxy) is 3. The Morgan fingerprint density at radius 3 is 2.23 bits per heavy atom. The van der Waals surface area contributed by atoms with E-state index in [2.05, 4.69) is 0 Å². The number of hydrogen-bond donors (Lipinski definition) is 0. The molecule has 1 amide bonds. The van der Waals surface area contributed by atoms with Crippen LogP contribution in [0, 0.1) is 0 Å². The van der Waals surface area contributed by atoms with E-state index in [1.807, 2.05) is 19.1 Å². The molecular formula is C22H22N2O5S. The molecule has 0 aliphatic carbocycles. The van der Waals surface area contributed by atoms with Gasteiger partial charge in [0.2, 0.25) is 0 Å². The molecule has 1 fully saturated rings. The molecule has 0 aromatic heterocycles. The van der Waals surface area contributed by atoms with Gasteiger partial charge in [0, 0.05) is 0 Å². The van der Waals surface area contributed by atoms with E-state index in [9.17, 15) is 9.59 Å². The summed E-state index contributed by atoms with van der Waals surface area (Å²) in [6.07, 6.45) is 1.69. The molecule has 30 heavy (non-hydrogen) atoms. The maximum Gasteiger partial charge on any atom is 0.325 e. The third-order valence-corrected chi connectivity index (χ3v) is 4.88. The van der Waals surface area contributed by atoms with Crippen molar-refractivity contribution in [2.24, 2.45) is 0 Å². The fourth-order valence-electron chi connectivity index (χ4n) is 2.97. The largest absolute Gasteiger partial charge is 0.497 e. The number of nitrogens with zero attached hydrogens (tertiary/aromatic N) is 2. The van der Waals surface area contributed by atoms with E-state index in [1.165, 1.54) is 16.9 Å². The fraction of sp³-hybridized carbons (Fsp3) is 0.227. The molecule has 0 atom stereocenters. The summed E-state index contributed by atoms with van der Waals surface area (Å²) in [6, 6.07) is 14.3. The van der Waals surface area contributed by atoms with Crippen molar-refractivity contribution in [2.45, 2.75) is 6.92 Å². The van der Waals surface area contributed by atoms with Crippen LogP contribution in [0.3, 0.4) is 0 Å². The van der Waals surface area contributed by atoms with Crippen LogP contribution < -0.4 is 14.4 Å². The molecule has 1 heterocycles. The maximum absolute atomic E-state index is 13.3. The van der Waals surface area contributed by atoms with Crippen molar-refractivity contribution in [3.8, 4) is 11.5 Å². The zero-order chi connectivity index (χ0) is 21.7. The Kier molecular flexibility index (Phi) is 6.68. The van der Waals surface area contributed by atoms with Gasteiger partial charge in [0.05, 0.1) is 26.5 Å². The van der Waals surface area contributed by atoms with E-state index in [-0.39, 0.29) is 23.3 Å². The Bertz CT molecular complexity index is 970. The molecule has 1 saturated heterocycles. The van der Waals surface area contributed by atoms with Crippen molar-refractivity contribution in [2.75, 3.05) is 32.3 Å². The topological polar surface area (TPSA) is 68.3 Å². The minimum atomic E-state index is -0.501. The fourth-order valence-corrected chi connectivity index (χ4v) is 3.32. The summed E-state index contributed by atoms with van der Waals surface area (Å²) in [5.74, 6) is 0.565. The third kappa shape index (κ3) is 4.44. The van der Waals surface area contributed by atoms with Gasteiger partial charge in [-0.05, 0) is 67.2 Å². The number of esters is 1. The average Bonchev–Trinajstić information content (AvgIpc) is 2.99. The lowest BCUT2D eigenvalue weighted by molar-refractivity contribution is -0.140. The smallest absolute Gasteiger partial charge is 0.325 e. The molecule has 7 nitrogen and oxygen atoms in total. The average molecular weight is 426 g/mol. The Balaban J connectivity index is 1.98. The van der Waals surface area contributed by atoms with Crippen molar-refractivity contribution in [3.05, 3.63) is 59.8 Å². The van der Waals surface area contributed by atoms with E-state index < -0.39 is 5.97 Å². The summed E-state index contributed by atoms with van der Waals surface area (Å²) in [6.45, 7) is 2.27. The van der Waals surface area contributed by atoms with Crippen molar-refractivity contribution >= 4 is 41.0 Å². The maximum atomic E-state index is 13.3. The summed E-state index contributed by atoms with van der Waals surface area (Å²) >= 11 is 5.54. The Morgan fingerprint density at radius 1 is 1.03 bits per heavy atom. The van der Waals surface area contributed by atoms with E-state index >= 15 is 0 Å². The predicted octanol–water partition coefficient (Wildman–Crippen LogP) is 3.24. The number of carbonyl (C=O) groups is 2. The second-order valence-corrected chi connectivity index (χ2v) is 6.68. The van der Waals surface area contributed by atoms with Crippen LogP contribution in [0.1, 0.15) is 12.5 Å². The second kappa shape index (κ2) is 9.41. The molecule has 2 aromatic rings. The molecule has 0 N–H and O–H groups in total. The van der Waals surface area contributed by atoms with E-state index in [4.69, 9.17) is 26.4 Å². The Morgan fingerprint density at radius 2 is 1.67 bits per heavy atom. The van der Waals surface area contributed by atoms with Gasteiger partial charge in [-0.2, -0.15) is 0 Å². The van der Waals surface area contributed by atoms with Crippen molar-refractivity contribution in [1.82, 2.24) is 4.90 Å². The third-order valence-electron chi connectivity index (χ3n) is 4.48. The predicted molar refractivity (Wildman–Crippen MR) is 117 cm³/mol. The first-order valence-corrected chi connectivity index (χ1v) is 9.70. The highest BCUT2D eigenvalue weighted by Crippen LogP contribution is 2.30. The van der Waals surface area contributed by atoms with Crippen LogP contribution in [-0.4, -0.2) is 49.3 Å². The standard InChI is InChI=1S/C22H22N2O5S/c1-4-29-18-11-7-16(8-12-18)24-21(26)19(23(22(24)30)14-20(25)28-3)13-15-5-9-17(27-2)10-6-15/h5-13H,4,14H2,1-3H3/b19-13-. The number of anilines is 1. The SMILES string of the molecule is CCOc1ccc(N2C(=O)/C(=C/c3ccc(OC)cc3)N(CC(=O)OC)C2=S)cc1. The summed E-state index contributed by atoms with van der Waals surface area (Å²) in [4.78, 5) is 28.1. The van der Waals surface area contributed by atoms with Crippen LogP contribution in [0.4, 0.5) is 5.69 Å². The number of hydrogen-bond acceptors (Lipinski definition) is 6. The molecule has 2 aromatic carbocycles. The molecule has 8 heteroatoms. The summed E-state index contributed by atoms with van der Waals surface area (Å²) < 4.78 is 15.4. The highest BCUT2D eigenvalue weighted by atomic mass is 32.1. The molecule has 3 rings (SSSR count). The monoisotopic (exact) mass is 426 g/mol. The zero-order valence-corrected chi connectivity index (χ0v) is 17.8. The van der Waals surface area contributed by atoms with Gasteiger partial charge in [-0.25, -0.2) is 0 Å². The molecule has 1 aliphatic heterocycles. The number of rotatable bonds is 7. The normalized spacial score (nSPS) is 15.0. The van der Waals surface area contributed by atoms with Crippen LogP contribution in [0.2, 0.25) is 0 Å². The Labute approximate surface area is 180 Å². The van der Waals surface area contributed by atoms with Gasteiger partial charge >= 0.3 is 5.97 Å². The number of methoxy groups -OCH3 is 2. The Hall–Kier alpha value is -3.39. The summed E-state index contributed by atoms with van der Waals surface area (Å²) in [5, 5.41) is 0.203. The van der Waals surface area contributed by atoms with Gasteiger partial charge in [0.25, 0.3) is 5.91 Å².